The second-order valence-electron chi connectivity index (χ2n) is 9.92. The van der Waals surface area contributed by atoms with E-state index in [9.17, 15) is 14.4 Å². The smallest absolute Gasteiger partial charge is 0.258 e. The van der Waals surface area contributed by atoms with Crippen LogP contribution >= 0.6 is 0 Å². The van der Waals surface area contributed by atoms with Crippen LogP contribution in [-0.2, 0) is 14.3 Å². The highest BCUT2D eigenvalue weighted by molar-refractivity contribution is 6.11. The predicted molar refractivity (Wildman–Crippen MR) is 124 cm³/mol. The van der Waals surface area contributed by atoms with Gasteiger partial charge in [-0.2, -0.15) is 0 Å². The fourth-order valence-electron chi connectivity index (χ4n) is 5.84. The molecule has 5 rings (SSSR count). The number of likely N-dealkylation sites (tertiary alicyclic amines) is 1. The maximum absolute atomic E-state index is 13.4. The lowest BCUT2D eigenvalue weighted by atomic mass is 9.93. The van der Waals surface area contributed by atoms with Crippen LogP contribution in [-0.4, -0.2) is 90.6 Å². The van der Waals surface area contributed by atoms with Crippen LogP contribution in [0.4, 0.5) is 5.69 Å². The lowest BCUT2D eigenvalue weighted by molar-refractivity contribution is -0.135. The van der Waals surface area contributed by atoms with Crippen molar-refractivity contribution in [2.24, 2.45) is 5.92 Å². The van der Waals surface area contributed by atoms with Gasteiger partial charge in [0.05, 0.1) is 24.5 Å². The molecule has 4 aliphatic heterocycles. The highest BCUT2D eigenvalue weighted by Gasteiger charge is 2.53. The molecule has 1 atom stereocenters. The van der Waals surface area contributed by atoms with Crippen molar-refractivity contribution >= 4 is 23.4 Å². The van der Waals surface area contributed by atoms with Gasteiger partial charge in [0.15, 0.2) is 0 Å². The molecule has 178 valence electrons. The van der Waals surface area contributed by atoms with Crippen molar-refractivity contribution in [1.82, 2.24) is 14.7 Å². The van der Waals surface area contributed by atoms with E-state index in [1.165, 1.54) is 6.42 Å². The molecular formula is C25H34N4O4. The van der Waals surface area contributed by atoms with E-state index in [4.69, 9.17) is 4.74 Å². The fourth-order valence-corrected chi connectivity index (χ4v) is 5.84. The van der Waals surface area contributed by atoms with E-state index in [0.717, 1.165) is 58.8 Å². The van der Waals surface area contributed by atoms with Crippen molar-refractivity contribution in [2.75, 3.05) is 57.4 Å². The van der Waals surface area contributed by atoms with Crippen molar-refractivity contribution in [2.45, 2.75) is 44.7 Å². The number of hydrogen-bond donors (Lipinski definition) is 0. The number of anilines is 1. The van der Waals surface area contributed by atoms with Crippen molar-refractivity contribution < 1.29 is 19.1 Å². The van der Waals surface area contributed by atoms with Crippen molar-refractivity contribution in [3.8, 4) is 0 Å². The van der Waals surface area contributed by atoms with Crippen LogP contribution in [0.15, 0.2) is 24.3 Å². The van der Waals surface area contributed by atoms with E-state index in [1.807, 2.05) is 30.0 Å². The molecule has 0 saturated carbocycles. The number of carbonyl (C=O) groups excluding carboxylic acids is 3. The minimum absolute atomic E-state index is 0.0102. The average Bonchev–Trinajstić information content (AvgIpc) is 3.16. The molecule has 4 heterocycles. The summed E-state index contributed by atoms with van der Waals surface area (Å²) in [5, 5.41) is 0. The first kappa shape index (κ1) is 22.3. The lowest BCUT2D eigenvalue weighted by Crippen LogP contribution is -2.64. The number of carbonyl (C=O) groups is 3. The van der Waals surface area contributed by atoms with Gasteiger partial charge in [-0.3, -0.25) is 24.2 Å². The van der Waals surface area contributed by atoms with Gasteiger partial charge in [-0.05, 0) is 57.2 Å². The van der Waals surface area contributed by atoms with Gasteiger partial charge >= 0.3 is 0 Å². The van der Waals surface area contributed by atoms with Gasteiger partial charge in [-0.25, -0.2) is 0 Å². The van der Waals surface area contributed by atoms with Crippen LogP contribution in [0.2, 0.25) is 0 Å². The van der Waals surface area contributed by atoms with E-state index in [1.54, 1.807) is 15.9 Å². The zero-order chi connectivity index (χ0) is 23.0. The van der Waals surface area contributed by atoms with E-state index >= 15 is 0 Å². The number of hydrogen-bond acceptors (Lipinski definition) is 5. The van der Waals surface area contributed by atoms with E-state index in [0.29, 0.717) is 30.0 Å². The number of ether oxygens (including phenoxy) is 1. The van der Waals surface area contributed by atoms with Gasteiger partial charge in [-0.1, -0.05) is 12.1 Å². The Morgan fingerprint density at radius 3 is 2.58 bits per heavy atom. The molecule has 3 saturated heterocycles. The average molecular weight is 455 g/mol. The first-order valence-electron chi connectivity index (χ1n) is 12.3. The largest absolute Gasteiger partial charge is 0.379 e. The Morgan fingerprint density at radius 1 is 1.09 bits per heavy atom. The molecule has 1 aromatic carbocycles. The minimum atomic E-state index is -0.783. The van der Waals surface area contributed by atoms with Gasteiger partial charge in [0.2, 0.25) is 11.8 Å². The second kappa shape index (κ2) is 9.06. The highest BCUT2D eigenvalue weighted by Crippen LogP contribution is 2.43. The summed E-state index contributed by atoms with van der Waals surface area (Å²) >= 11 is 0. The molecule has 1 aromatic rings. The van der Waals surface area contributed by atoms with E-state index in [2.05, 4.69) is 4.90 Å². The normalized spacial score (nSPS) is 26.5. The summed E-state index contributed by atoms with van der Waals surface area (Å²) in [5.74, 6) is 0.472. The molecule has 8 nitrogen and oxygen atoms in total. The van der Waals surface area contributed by atoms with Gasteiger partial charge in [0.1, 0.15) is 12.2 Å². The predicted octanol–water partition coefficient (Wildman–Crippen LogP) is 1.95. The number of amides is 3. The SMILES string of the molecule is CC12CCC(=O)N1c1ccccc1C(=O)N2CC(=O)N1CCC(CCN2CCOCC2)CC1. The number of morpholine rings is 1. The van der Waals surface area contributed by atoms with Crippen LogP contribution in [0.25, 0.3) is 0 Å². The summed E-state index contributed by atoms with van der Waals surface area (Å²) in [4.78, 5) is 47.1. The van der Waals surface area contributed by atoms with Crippen LogP contribution < -0.4 is 4.90 Å². The van der Waals surface area contributed by atoms with E-state index in [-0.39, 0.29) is 24.3 Å². The Bertz CT molecular complexity index is 923. The summed E-state index contributed by atoms with van der Waals surface area (Å²) < 4.78 is 5.43. The van der Waals surface area contributed by atoms with Gasteiger partial charge in [0.25, 0.3) is 5.91 Å². The monoisotopic (exact) mass is 454 g/mol. The molecule has 3 fully saturated rings. The Morgan fingerprint density at radius 2 is 1.82 bits per heavy atom. The van der Waals surface area contributed by atoms with Gasteiger partial charge in [-0.15, -0.1) is 0 Å². The summed E-state index contributed by atoms with van der Waals surface area (Å²) in [6, 6.07) is 7.24. The maximum Gasteiger partial charge on any atom is 0.258 e. The van der Waals surface area contributed by atoms with Gasteiger partial charge < -0.3 is 14.5 Å². The van der Waals surface area contributed by atoms with Crippen molar-refractivity contribution in [3.63, 3.8) is 0 Å². The zero-order valence-corrected chi connectivity index (χ0v) is 19.5. The van der Waals surface area contributed by atoms with Crippen molar-refractivity contribution in [3.05, 3.63) is 29.8 Å². The molecule has 4 aliphatic rings. The molecule has 0 aliphatic carbocycles. The number of fused-ring (bicyclic) bond motifs is 3. The fraction of sp³-hybridized carbons (Fsp3) is 0.640. The Hall–Kier alpha value is -2.45. The third kappa shape index (κ3) is 4.15. The summed E-state index contributed by atoms with van der Waals surface area (Å²) in [7, 11) is 0. The molecule has 3 amide bonds. The molecule has 33 heavy (non-hydrogen) atoms. The van der Waals surface area contributed by atoms with E-state index < -0.39 is 5.66 Å². The third-order valence-electron chi connectivity index (χ3n) is 7.96. The standard InChI is InChI=1S/C25H34N4O4/c1-25-10-6-22(30)29(25)21-5-3-2-4-20(21)24(32)28(25)18-23(31)27-12-8-19(9-13-27)7-11-26-14-16-33-17-15-26/h2-5,19H,6-18H2,1H3. The molecule has 0 N–H and O–H groups in total. The summed E-state index contributed by atoms with van der Waals surface area (Å²) in [6.45, 7) is 8.21. The zero-order valence-electron chi connectivity index (χ0n) is 19.5. The molecule has 1 unspecified atom stereocenters. The summed E-state index contributed by atoms with van der Waals surface area (Å²) in [6.07, 6.45) is 4.11. The quantitative estimate of drug-likeness (QED) is 0.680. The number of benzene rings is 1. The first-order valence-corrected chi connectivity index (χ1v) is 12.3. The second-order valence-corrected chi connectivity index (χ2v) is 9.92. The van der Waals surface area contributed by atoms with Gasteiger partial charge in [0, 0.05) is 32.6 Å². The topological polar surface area (TPSA) is 73.4 Å². The number of para-hydroxylation sites is 1. The Balaban J connectivity index is 1.21. The molecule has 0 aromatic heterocycles. The molecular weight excluding hydrogens is 420 g/mol. The van der Waals surface area contributed by atoms with Crippen LogP contribution in [0, 0.1) is 5.92 Å². The molecule has 0 bridgehead atoms. The third-order valence-corrected chi connectivity index (χ3v) is 7.96. The molecule has 0 spiro atoms. The Kier molecular flexibility index (Phi) is 6.14. The molecule has 8 heteroatoms. The van der Waals surface area contributed by atoms with Crippen LogP contribution in [0.1, 0.15) is 49.4 Å². The lowest BCUT2D eigenvalue weighted by Gasteiger charge is -2.48. The van der Waals surface area contributed by atoms with Crippen LogP contribution in [0.3, 0.4) is 0 Å². The van der Waals surface area contributed by atoms with Crippen LogP contribution in [0.5, 0.6) is 0 Å². The molecule has 0 radical (unpaired) electrons. The maximum atomic E-state index is 13.4. The summed E-state index contributed by atoms with van der Waals surface area (Å²) in [5.41, 5.74) is 0.381. The minimum Gasteiger partial charge on any atom is -0.379 e. The highest BCUT2D eigenvalue weighted by atomic mass is 16.5. The Labute approximate surface area is 195 Å². The van der Waals surface area contributed by atoms with Crippen molar-refractivity contribution in [1.29, 1.82) is 0 Å². The number of nitrogens with zero attached hydrogens (tertiary/aromatic N) is 4. The number of piperidine rings is 1. The first-order chi connectivity index (χ1) is 16.0. The number of rotatable bonds is 5.